The number of halogens is 1. The number of aromatic nitrogens is 2. The molecule has 52 heavy (non-hydrogen) atoms. The SMILES string of the molecule is Brc1cc[c-]c(-c2ccccn2)c1.CC(C)(C)c1ccc(-c2cc(-c3ccc(C(C)(C)C)cc3)cc(-c3cc[c-]c(-c4ccccn4)c3)c2)cc1.[Ir]. The van der Waals surface area contributed by atoms with Crippen LogP contribution >= 0.6 is 15.9 Å². The quantitative estimate of drug-likeness (QED) is 0.161. The fraction of sp³-hybridized carbons (Fsp3) is 0.167. The van der Waals surface area contributed by atoms with Gasteiger partial charge in [0.2, 0.25) is 0 Å². The fourth-order valence-corrected chi connectivity index (χ4v) is 6.24. The van der Waals surface area contributed by atoms with E-state index >= 15 is 0 Å². The van der Waals surface area contributed by atoms with Crippen molar-refractivity contribution in [2.45, 2.75) is 52.4 Å². The summed E-state index contributed by atoms with van der Waals surface area (Å²) in [5.41, 5.74) is 14.0. The standard InChI is InChI=1S/C37H36N.C11H7BrN.Ir/c1-36(2,3)33-17-13-26(14-18-33)30-23-31(27-15-19-34(20-16-27)37(4,5)6)25-32(24-30)28-10-9-11-29(22-28)35-12-7-8-21-38-35;12-10-5-3-4-9(8-10)11-6-1-2-7-13-11;/h7-10,12-25H,1-6H3;1-3,5-8H;/q2*-1;. The van der Waals surface area contributed by atoms with Crippen molar-refractivity contribution in [1.29, 1.82) is 0 Å². The van der Waals surface area contributed by atoms with E-state index in [1.54, 1.807) is 6.20 Å². The number of benzene rings is 5. The molecular formula is C48H43BrIrN2-2. The fourth-order valence-electron chi connectivity index (χ4n) is 5.88. The van der Waals surface area contributed by atoms with Crippen LogP contribution < -0.4 is 0 Å². The van der Waals surface area contributed by atoms with Gasteiger partial charge in [-0.2, -0.15) is 0 Å². The largest absolute Gasteiger partial charge is 0.305 e. The maximum atomic E-state index is 4.54. The summed E-state index contributed by atoms with van der Waals surface area (Å²) >= 11 is 3.41. The third kappa shape index (κ3) is 9.89. The summed E-state index contributed by atoms with van der Waals surface area (Å²) in [6.07, 6.45) is 3.61. The van der Waals surface area contributed by atoms with Crippen molar-refractivity contribution in [3.8, 4) is 55.9 Å². The molecule has 0 saturated heterocycles. The van der Waals surface area contributed by atoms with E-state index in [1.165, 1.54) is 38.9 Å². The van der Waals surface area contributed by atoms with Crippen molar-refractivity contribution in [1.82, 2.24) is 9.97 Å². The van der Waals surface area contributed by atoms with Gasteiger partial charge in [-0.25, -0.2) is 0 Å². The molecule has 0 spiro atoms. The Labute approximate surface area is 331 Å². The molecule has 0 aliphatic carbocycles. The Morgan fingerprint density at radius 1 is 0.442 bits per heavy atom. The van der Waals surface area contributed by atoms with Crippen LogP contribution in [0.4, 0.5) is 0 Å². The maximum Gasteiger partial charge on any atom is 0.0160 e. The minimum atomic E-state index is 0. The second-order valence-corrected chi connectivity index (χ2v) is 15.7. The first kappa shape index (κ1) is 38.8. The molecule has 0 aliphatic rings. The van der Waals surface area contributed by atoms with E-state index in [1.807, 2.05) is 66.9 Å². The Bertz CT molecular complexity index is 2120. The van der Waals surface area contributed by atoms with Gasteiger partial charge >= 0.3 is 0 Å². The third-order valence-electron chi connectivity index (χ3n) is 8.88. The Morgan fingerprint density at radius 2 is 0.865 bits per heavy atom. The van der Waals surface area contributed by atoms with Crippen LogP contribution in [0.2, 0.25) is 0 Å². The predicted molar refractivity (Wildman–Crippen MR) is 218 cm³/mol. The van der Waals surface area contributed by atoms with Crippen molar-refractivity contribution in [2.24, 2.45) is 0 Å². The molecule has 2 heterocycles. The predicted octanol–water partition coefficient (Wildman–Crippen LogP) is 13.5. The molecule has 5 aromatic carbocycles. The third-order valence-corrected chi connectivity index (χ3v) is 9.37. The van der Waals surface area contributed by atoms with Gasteiger partial charge in [0.1, 0.15) is 0 Å². The van der Waals surface area contributed by atoms with Gasteiger partial charge in [0, 0.05) is 32.5 Å². The molecular weight excluding hydrogens is 877 g/mol. The Kier molecular flexibility index (Phi) is 12.6. The van der Waals surface area contributed by atoms with Gasteiger partial charge < -0.3 is 9.97 Å². The number of hydrogen-bond donors (Lipinski definition) is 0. The average Bonchev–Trinajstić information content (AvgIpc) is 3.15. The van der Waals surface area contributed by atoms with E-state index in [-0.39, 0.29) is 30.9 Å². The van der Waals surface area contributed by atoms with Gasteiger partial charge in [-0.3, -0.25) is 0 Å². The smallest absolute Gasteiger partial charge is 0.0160 e. The summed E-state index contributed by atoms with van der Waals surface area (Å²) in [5.74, 6) is 0. The Balaban J connectivity index is 0.000000314. The molecule has 1 radical (unpaired) electrons. The summed E-state index contributed by atoms with van der Waals surface area (Å²) in [6, 6.07) is 55.5. The second-order valence-electron chi connectivity index (χ2n) is 14.8. The normalized spacial score (nSPS) is 11.2. The van der Waals surface area contributed by atoms with E-state index in [2.05, 4.69) is 158 Å². The molecule has 0 N–H and O–H groups in total. The topological polar surface area (TPSA) is 25.8 Å². The molecule has 0 unspecified atom stereocenters. The van der Waals surface area contributed by atoms with Crippen LogP contribution in [0.15, 0.2) is 156 Å². The molecule has 0 fully saturated rings. The van der Waals surface area contributed by atoms with Gasteiger partial charge in [-0.1, -0.05) is 135 Å². The molecule has 0 aliphatic heterocycles. The van der Waals surface area contributed by atoms with Crippen molar-refractivity contribution in [2.75, 3.05) is 0 Å². The molecule has 2 nitrogen and oxygen atoms in total. The van der Waals surface area contributed by atoms with Gasteiger partial charge in [-0.05, 0) is 91.5 Å². The first-order valence-electron chi connectivity index (χ1n) is 17.3. The molecule has 0 saturated carbocycles. The molecule has 4 heteroatoms. The molecule has 0 atom stereocenters. The second kappa shape index (κ2) is 16.9. The maximum absolute atomic E-state index is 4.54. The average molecular weight is 920 g/mol. The van der Waals surface area contributed by atoms with Crippen LogP contribution in [0, 0.1) is 12.1 Å². The minimum Gasteiger partial charge on any atom is -0.305 e. The van der Waals surface area contributed by atoms with Gasteiger partial charge in [0.05, 0.1) is 0 Å². The van der Waals surface area contributed by atoms with Gasteiger partial charge in [-0.15, -0.1) is 65.2 Å². The van der Waals surface area contributed by atoms with Crippen molar-refractivity contribution in [3.05, 3.63) is 180 Å². The molecule has 263 valence electrons. The van der Waals surface area contributed by atoms with Crippen LogP contribution in [0.3, 0.4) is 0 Å². The summed E-state index contributed by atoms with van der Waals surface area (Å²) in [7, 11) is 0. The summed E-state index contributed by atoms with van der Waals surface area (Å²) in [5, 5.41) is 0. The van der Waals surface area contributed by atoms with Gasteiger partial charge in [0.15, 0.2) is 0 Å². The molecule has 7 aromatic rings. The Morgan fingerprint density at radius 3 is 1.27 bits per heavy atom. The van der Waals surface area contributed by atoms with Gasteiger partial charge in [0.25, 0.3) is 0 Å². The van der Waals surface area contributed by atoms with Crippen LogP contribution in [-0.4, -0.2) is 9.97 Å². The minimum absolute atomic E-state index is 0. The molecule has 2 aromatic heterocycles. The number of pyridine rings is 2. The van der Waals surface area contributed by atoms with Crippen LogP contribution in [0.5, 0.6) is 0 Å². The van der Waals surface area contributed by atoms with E-state index in [0.29, 0.717) is 0 Å². The zero-order valence-electron chi connectivity index (χ0n) is 30.5. The van der Waals surface area contributed by atoms with E-state index < -0.39 is 0 Å². The zero-order valence-corrected chi connectivity index (χ0v) is 34.5. The van der Waals surface area contributed by atoms with Crippen molar-refractivity contribution in [3.63, 3.8) is 0 Å². The van der Waals surface area contributed by atoms with Crippen molar-refractivity contribution < 1.29 is 20.1 Å². The first-order chi connectivity index (χ1) is 24.4. The molecule has 0 bridgehead atoms. The number of nitrogens with zero attached hydrogens (tertiary/aromatic N) is 2. The first-order valence-corrected chi connectivity index (χ1v) is 18.1. The molecule has 0 amide bonds. The Hall–Kier alpha value is -4.47. The van der Waals surface area contributed by atoms with E-state index in [4.69, 9.17) is 0 Å². The summed E-state index contributed by atoms with van der Waals surface area (Å²) < 4.78 is 1.05. The van der Waals surface area contributed by atoms with Crippen LogP contribution in [0.25, 0.3) is 55.9 Å². The number of hydrogen-bond acceptors (Lipinski definition) is 2. The zero-order chi connectivity index (χ0) is 36.0. The van der Waals surface area contributed by atoms with Crippen LogP contribution in [-0.2, 0) is 30.9 Å². The number of rotatable bonds is 5. The van der Waals surface area contributed by atoms with E-state index in [0.717, 1.165) is 32.6 Å². The summed E-state index contributed by atoms with van der Waals surface area (Å²) in [6.45, 7) is 13.5. The van der Waals surface area contributed by atoms with Crippen LogP contribution in [0.1, 0.15) is 52.7 Å². The monoisotopic (exact) mass is 919 g/mol. The van der Waals surface area contributed by atoms with Crippen molar-refractivity contribution >= 4 is 15.9 Å². The summed E-state index contributed by atoms with van der Waals surface area (Å²) in [4.78, 5) is 8.78. The molecule has 7 rings (SSSR count). The van der Waals surface area contributed by atoms with E-state index in [9.17, 15) is 0 Å².